The Morgan fingerprint density at radius 3 is 2.16 bits per heavy atom. The van der Waals surface area contributed by atoms with Crippen molar-refractivity contribution in [1.82, 2.24) is 0 Å². The molecule has 0 saturated carbocycles. The average molecular weight is 299 g/mol. The van der Waals surface area contributed by atoms with Crippen LogP contribution in [0.5, 0.6) is 11.5 Å². The molecule has 0 aliphatic heterocycles. The number of ether oxygens (including phenoxy) is 2. The minimum atomic E-state index is -3.89. The molecule has 0 bridgehead atoms. The molecule has 19 heavy (non-hydrogen) atoms. The second kappa shape index (κ2) is 8.65. The zero-order valence-corrected chi connectivity index (χ0v) is 14.2. The summed E-state index contributed by atoms with van der Waals surface area (Å²) in [6, 6.07) is 5.29. The molecule has 0 aromatic heterocycles. The molecule has 0 fully saturated rings. The van der Waals surface area contributed by atoms with Gasteiger partial charge in [0.2, 0.25) is 0 Å². The predicted octanol–water partition coefficient (Wildman–Crippen LogP) is -1.49. The van der Waals surface area contributed by atoms with Crippen LogP contribution in [-0.4, -0.2) is 39.5 Å². The molecule has 0 atom stereocenters. The van der Waals surface area contributed by atoms with Gasteiger partial charge < -0.3 is 16.2 Å². The van der Waals surface area contributed by atoms with E-state index in [4.69, 9.17) is 14.0 Å². The van der Waals surface area contributed by atoms with E-state index in [2.05, 4.69) is 5.32 Å². The summed E-state index contributed by atoms with van der Waals surface area (Å²) in [4.78, 5) is 0. The van der Waals surface area contributed by atoms with Gasteiger partial charge in [0.25, 0.3) is 10.1 Å². The average Bonchev–Trinajstić information content (AvgIpc) is 2.33. The van der Waals surface area contributed by atoms with Crippen molar-refractivity contribution in [2.24, 2.45) is 0 Å². The van der Waals surface area contributed by atoms with Gasteiger partial charge in [-0.2, -0.15) is 8.42 Å². The van der Waals surface area contributed by atoms with Gasteiger partial charge in [0, 0.05) is 30.4 Å². The molecular weight excluding hydrogens is 281 g/mol. The Kier molecular flexibility index (Phi) is 8.44. The first kappa shape index (κ1) is 18.5. The number of anilines is 1. The Labute approximate surface area is 137 Å². The van der Waals surface area contributed by atoms with E-state index in [-0.39, 0.29) is 36.7 Å². The third-order valence-electron chi connectivity index (χ3n) is 2.26. The van der Waals surface area contributed by atoms with Crippen LogP contribution >= 0.6 is 0 Å². The first-order chi connectivity index (χ1) is 8.44. The van der Waals surface area contributed by atoms with Crippen molar-refractivity contribution in [1.29, 1.82) is 0 Å². The Bertz CT molecular complexity index is 475. The van der Waals surface area contributed by atoms with Gasteiger partial charge in [-0.3, -0.25) is 4.55 Å². The maximum Gasteiger partial charge on any atom is 1.00 e. The Morgan fingerprint density at radius 2 is 1.74 bits per heavy atom. The van der Waals surface area contributed by atoms with Crippen LogP contribution in [0.15, 0.2) is 18.2 Å². The summed E-state index contributed by atoms with van der Waals surface area (Å²) in [6.45, 7) is 0.427. The summed E-state index contributed by atoms with van der Waals surface area (Å²) < 4.78 is 39.9. The molecule has 0 unspecified atom stereocenters. The van der Waals surface area contributed by atoms with E-state index < -0.39 is 10.1 Å². The smallest absolute Gasteiger partial charge is 1.00 e. The van der Waals surface area contributed by atoms with Gasteiger partial charge in [-0.25, -0.2) is 0 Å². The molecule has 0 amide bonds. The minimum absolute atomic E-state index is 0. The Morgan fingerprint density at radius 1 is 1.21 bits per heavy atom. The fourth-order valence-electron chi connectivity index (χ4n) is 1.40. The largest absolute Gasteiger partial charge is 1.00 e. The summed E-state index contributed by atoms with van der Waals surface area (Å²) in [5.74, 6) is 1.03. The molecule has 0 heterocycles. The normalized spacial score (nSPS) is 10.5. The maximum atomic E-state index is 10.5. The second-order valence-corrected chi connectivity index (χ2v) is 5.24. The van der Waals surface area contributed by atoms with Crippen LogP contribution in [-0.2, 0) is 10.1 Å². The summed E-state index contributed by atoms with van der Waals surface area (Å²) in [6.07, 6.45) is 0.318. The minimum Gasteiger partial charge on any atom is -1.00 e. The Balaban J connectivity index is 0. The van der Waals surface area contributed by atoms with E-state index in [0.29, 0.717) is 24.5 Å². The van der Waals surface area contributed by atoms with Crippen LogP contribution < -0.4 is 44.3 Å². The van der Waals surface area contributed by atoms with Crippen LogP contribution in [0.2, 0.25) is 0 Å². The maximum absolute atomic E-state index is 10.5. The third-order valence-corrected chi connectivity index (χ3v) is 3.06. The van der Waals surface area contributed by atoms with E-state index in [1.807, 2.05) is 0 Å². The standard InChI is InChI=1S/C11H17NO5S.Na.H/c1-16-10-6-9(7-11(8-10)17-2)12-4-3-5-18(13,14)15;;/h6-8,12H,3-5H2,1-2H3,(H,13,14,15);;/q;+1;-1. The Hall–Kier alpha value is -0.470. The monoisotopic (exact) mass is 299 g/mol. The predicted molar refractivity (Wildman–Crippen MR) is 70.2 cm³/mol. The van der Waals surface area contributed by atoms with Crippen molar-refractivity contribution in [3.05, 3.63) is 18.2 Å². The number of methoxy groups -OCH3 is 2. The first-order valence-corrected chi connectivity index (χ1v) is 6.97. The molecule has 2 N–H and O–H groups in total. The van der Waals surface area contributed by atoms with Crippen LogP contribution in [0.1, 0.15) is 7.85 Å². The molecular formula is C11H18NNaO5S. The van der Waals surface area contributed by atoms with Crippen LogP contribution in [0.3, 0.4) is 0 Å². The molecule has 1 aromatic rings. The van der Waals surface area contributed by atoms with Gasteiger partial charge in [0.05, 0.1) is 20.0 Å². The van der Waals surface area contributed by atoms with Crippen molar-refractivity contribution in [3.63, 3.8) is 0 Å². The van der Waals surface area contributed by atoms with Gasteiger partial charge in [-0.1, -0.05) is 0 Å². The summed E-state index contributed by atoms with van der Waals surface area (Å²) in [7, 11) is -0.789. The van der Waals surface area contributed by atoms with E-state index in [0.717, 1.165) is 5.69 Å². The van der Waals surface area contributed by atoms with E-state index in [1.165, 1.54) is 0 Å². The molecule has 0 radical (unpaired) electrons. The van der Waals surface area contributed by atoms with Crippen LogP contribution in [0, 0.1) is 0 Å². The molecule has 1 rings (SSSR count). The molecule has 1 aromatic carbocycles. The quantitative estimate of drug-likeness (QED) is 0.362. The fourth-order valence-corrected chi connectivity index (χ4v) is 1.91. The SMILES string of the molecule is COc1cc(NCCCS(=O)(=O)O)cc(OC)c1.[H-].[Na+]. The van der Waals surface area contributed by atoms with Gasteiger partial charge in [0.15, 0.2) is 0 Å². The number of nitrogens with one attached hydrogen (secondary N) is 1. The molecule has 0 spiro atoms. The summed E-state index contributed by atoms with van der Waals surface area (Å²) in [5.41, 5.74) is 0.765. The van der Waals surface area contributed by atoms with Crippen LogP contribution in [0.4, 0.5) is 5.69 Å². The van der Waals surface area contributed by atoms with Crippen molar-refractivity contribution >= 4 is 15.8 Å². The third kappa shape index (κ3) is 7.64. The van der Waals surface area contributed by atoms with Crippen molar-refractivity contribution in [2.45, 2.75) is 6.42 Å². The van der Waals surface area contributed by atoms with Gasteiger partial charge in [0.1, 0.15) is 11.5 Å². The molecule has 0 aliphatic carbocycles. The number of hydrogen-bond acceptors (Lipinski definition) is 5. The first-order valence-electron chi connectivity index (χ1n) is 5.36. The molecule has 0 saturated heterocycles. The van der Waals surface area contributed by atoms with E-state index in [1.54, 1.807) is 32.4 Å². The number of rotatable bonds is 7. The van der Waals surface area contributed by atoms with Gasteiger partial charge in [-0.05, 0) is 6.42 Å². The second-order valence-electron chi connectivity index (χ2n) is 3.67. The van der Waals surface area contributed by atoms with Crippen LogP contribution in [0.25, 0.3) is 0 Å². The van der Waals surface area contributed by atoms with Crippen molar-refractivity contribution in [2.75, 3.05) is 31.8 Å². The van der Waals surface area contributed by atoms with Crippen molar-refractivity contribution in [3.8, 4) is 11.5 Å². The van der Waals surface area contributed by atoms with Crippen molar-refractivity contribution < 1.29 is 53.4 Å². The summed E-state index contributed by atoms with van der Waals surface area (Å²) >= 11 is 0. The van der Waals surface area contributed by atoms with Gasteiger partial charge in [-0.15, -0.1) is 0 Å². The molecule has 8 heteroatoms. The van der Waals surface area contributed by atoms with E-state index in [9.17, 15) is 8.42 Å². The number of benzene rings is 1. The van der Waals surface area contributed by atoms with E-state index >= 15 is 0 Å². The zero-order valence-electron chi connectivity index (χ0n) is 12.3. The summed E-state index contributed by atoms with van der Waals surface area (Å²) in [5, 5.41) is 3.03. The molecule has 104 valence electrons. The molecule has 0 aliphatic rings. The number of hydrogen-bond donors (Lipinski definition) is 2. The van der Waals surface area contributed by atoms with Gasteiger partial charge >= 0.3 is 29.6 Å². The fraction of sp³-hybridized carbons (Fsp3) is 0.455. The topological polar surface area (TPSA) is 84.9 Å². The molecule has 6 nitrogen and oxygen atoms in total. The zero-order chi connectivity index (χ0) is 13.6.